The van der Waals surface area contributed by atoms with Crippen LogP contribution in [0.2, 0.25) is 0 Å². The van der Waals surface area contributed by atoms with E-state index >= 15 is 0 Å². The van der Waals surface area contributed by atoms with Gasteiger partial charge in [-0.3, -0.25) is 4.79 Å². The molecule has 4 rings (SSSR count). The number of sulfonamides is 1. The number of nitrogens with one attached hydrogen (secondary N) is 1. The standard InChI is InChI=1S/C21H27N3O3S2/c1-16-14-17(6-8-19(16)23-10-2-3-11-23)22-20(25)15-18-7-9-21(28-18)29(26,27)24-12-4-5-13-24/h6-9,14H,2-5,10-13,15H2,1H3,(H,22,25). The third kappa shape index (κ3) is 4.49. The van der Waals surface area contributed by atoms with Crippen molar-refractivity contribution in [1.29, 1.82) is 0 Å². The van der Waals surface area contributed by atoms with E-state index in [1.165, 1.54) is 34.2 Å². The highest BCUT2D eigenvalue weighted by atomic mass is 32.2. The number of carbonyl (C=O) groups excluding carboxylic acids is 1. The number of hydrogen-bond donors (Lipinski definition) is 1. The van der Waals surface area contributed by atoms with Crippen LogP contribution >= 0.6 is 11.3 Å². The van der Waals surface area contributed by atoms with E-state index in [0.29, 0.717) is 17.3 Å². The van der Waals surface area contributed by atoms with Gasteiger partial charge >= 0.3 is 0 Å². The maximum absolute atomic E-state index is 12.6. The van der Waals surface area contributed by atoms with E-state index in [4.69, 9.17) is 0 Å². The largest absolute Gasteiger partial charge is 0.371 e. The molecule has 3 heterocycles. The van der Waals surface area contributed by atoms with E-state index in [-0.39, 0.29) is 12.3 Å². The summed E-state index contributed by atoms with van der Waals surface area (Å²) in [5.41, 5.74) is 3.16. The summed E-state index contributed by atoms with van der Waals surface area (Å²) in [7, 11) is -3.42. The molecule has 0 spiro atoms. The number of hydrogen-bond acceptors (Lipinski definition) is 5. The van der Waals surface area contributed by atoms with E-state index in [2.05, 4.69) is 23.2 Å². The molecule has 1 amide bonds. The van der Waals surface area contributed by atoms with E-state index in [0.717, 1.165) is 42.1 Å². The molecule has 0 saturated carbocycles. The van der Waals surface area contributed by atoms with Gasteiger partial charge < -0.3 is 10.2 Å². The van der Waals surface area contributed by atoms with Crippen molar-refractivity contribution < 1.29 is 13.2 Å². The van der Waals surface area contributed by atoms with Crippen molar-refractivity contribution >= 4 is 38.6 Å². The molecule has 2 aromatic rings. The second kappa shape index (κ2) is 8.45. The fourth-order valence-corrected chi connectivity index (χ4v) is 7.08. The number of benzene rings is 1. The molecule has 1 N–H and O–H groups in total. The first-order valence-corrected chi connectivity index (χ1v) is 12.4. The molecular formula is C21H27N3O3S2. The molecule has 156 valence electrons. The predicted octanol–water partition coefficient (Wildman–Crippen LogP) is 3.62. The van der Waals surface area contributed by atoms with Gasteiger partial charge in [0.05, 0.1) is 6.42 Å². The van der Waals surface area contributed by atoms with E-state index in [9.17, 15) is 13.2 Å². The molecule has 8 heteroatoms. The van der Waals surface area contributed by atoms with Crippen LogP contribution in [0.1, 0.15) is 36.1 Å². The molecule has 0 radical (unpaired) electrons. The fraction of sp³-hybridized carbons (Fsp3) is 0.476. The van der Waals surface area contributed by atoms with Crippen LogP contribution in [0.25, 0.3) is 0 Å². The average molecular weight is 434 g/mol. The normalized spacial score (nSPS) is 17.8. The SMILES string of the molecule is Cc1cc(NC(=O)Cc2ccc(S(=O)(=O)N3CCCC3)s2)ccc1N1CCCC1. The van der Waals surface area contributed by atoms with Gasteiger partial charge in [0.1, 0.15) is 4.21 Å². The Morgan fingerprint density at radius 1 is 1.03 bits per heavy atom. The molecule has 2 aliphatic heterocycles. The van der Waals surface area contributed by atoms with Gasteiger partial charge in [0, 0.05) is 42.4 Å². The minimum Gasteiger partial charge on any atom is -0.371 e. The van der Waals surface area contributed by atoms with Crippen LogP contribution in [-0.2, 0) is 21.2 Å². The van der Waals surface area contributed by atoms with Crippen molar-refractivity contribution in [2.45, 2.75) is 43.2 Å². The quantitative estimate of drug-likeness (QED) is 0.755. The number of rotatable bonds is 6. The summed E-state index contributed by atoms with van der Waals surface area (Å²) in [5.74, 6) is -0.134. The van der Waals surface area contributed by atoms with Crippen LogP contribution in [-0.4, -0.2) is 44.8 Å². The van der Waals surface area contributed by atoms with Crippen LogP contribution in [0, 0.1) is 6.92 Å². The van der Waals surface area contributed by atoms with Crippen molar-refractivity contribution in [3.8, 4) is 0 Å². The van der Waals surface area contributed by atoms with Crippen LogP contribution in [0.3, 0.4) is 0 Å². The van der Waals surface area contributed by atoms with Crippen molar-refractivity contribution in [3.63, 3.8) is 0 Å². The minimum atomic E-state index is -3.42. The maximum atomic E-state index is 12.6. The summed E-state index contributed by atoms with van der Waals surface area (Å²) in [6.07, 6.45) is 4.46. The Morgan fingerprint density at radius 3 is 2.41 bits per heavy atom. The molecule has 29 heavy (non-hydrogen) atoms. The minimum absolute atomic E-state index is 0.134. The van der Waals surface area contributed by atoms with Gasteiger partial charge in [-0.2, -0.15) is 4.31 Å². The number of nitrogens with zero attached hydrogens (tertiary/aromatic N) is 2. The van der Waals surface area contributed by atoms with Gasteiger partial charge in [0.15, 0.2) is 0 Å². The monoisotopic (exact) mass is 433 g/mol. The lowest BCUT2D eigenvalue weighted by atomic mass is 10.1. The number of amides is 1. The first kappa shape index (κ1) is 20.4. The zero-order valence-corrected chi connectivity index (χ0v) is 18.3. The molecule has 0 bridgehead atoms. The maximum Gasteiger partial charge on any atom is 0.252 e. The highest BCUT2D eigenvalue weighted by molar-refractivity contribution is 7.91. The number of carbonyl (C=O) groups is 1. The van der Waals surface area contributed by atoms with Crippen LogP contribution in [0.5, 0.6) is 0 Å². The van der Waals surface area contributed by atoms with Crippen LogP contribution in [0.15, 0.2) is 34.5 Å². The molecule has 2 fully saturated rings. The molecular weight excluding hydrogens is 406 g/mol. The number of aryl methyl sites for hydroxylation is 1. The average Bonchev–Trinajstić information content (AvgIpc) is 3.44. The number of thiophene rings is 1. The van der Waals surface area contributed by atoms with Gasteiger partial charge in [0.25, 0.3) is 10.0 Å². The molecule has 2 saturated heterocycles. The van der Waals surface area contributed by atoms with Crippen molar-refractivity contribution in [3.05, 3.63) is 40.8 Å². The summed E-state index contributed by atoms with van der Waals surface area (Å²) in [5, 5.41) is 2.94. The van der Waals surface area contributed by atoms with Gasteiger partial charge in [-0.05, 0) is 68.5 Å². The van der Waals surface area contributed by atoms with Crippen LogP contribution < -0.4 is 10.2 Å². The van der Waals surface area contributed by atoms with Gasteiger partial charge in [-0.25, -0.2) is 8.42 Å². The molecule has 6 nitrogen and oxygen atoms in total. The third-order valence-electron chi connectivity index (χ3n) is 5.56. The lowest BCUT2D eigenvalue weighted by Gasteiger charge is -2.20. The Kier molecular flexibility index (Phi) is 5.94. The second-order valence-electron chi connectivity index (χ2n) is 7.75. The summed E-state index contributed by atoms with van der Waals surface area (Å²) >= 11 is 1.19. The van der Waals surface area contributed by atoms with Crippen molar-refractivity contribution in [1.82, 2.24) is 4.31 Å². The summed E-state index contributed by atoms with van der Waals surface area (Å²) < 4.78 is 27.1. The summed E-state index contributed by atoms with van der Waals surface area (Å²) in [6, 6.07) is 9.38. The Morgan fingerprint density at radius 2 is 1.72 bits per heavy atom. The van der Waals surface area contributed by atoms with Gasteiger partial charge in [-0.1, -0.05) is 0 Å². The first-order valence-electron chi connectivity index (χ1n) is 10.2. The zero-order chi connectivity index (χ0) is 20.4. The molecule has 0 atom stereocenters. The Bertz CT molecular complexity index is 988. The highest BCUT2D eigenvalue weighted by Crippen LogP contribution is 2.29. The smallest absolute Gasteiger partial charge is 0.252 e. The number of anilines is 2. The Hall–Kier alpha value is -1.90. The second-order valence-corrected chi connectivity index (χ2v) is 11.1. The topological polar surface area (TPSA) is 69.7 Å². The molecule has 0 unspecified atom stereocenters. The molecule has 2 aliphatic rings. The Balaban J connectivity index is 1.39. The summed E-state index contributed by atoms with van der Waals surface area (Å²) in [6.45, 7) is 5.42. The van der Waals surface area contributed by atoms with Gasteiger partial charge in [-0.15, -0.1) is 11.3 Å². The lowest BCUT2D eigenvalue weighted by molar-refractivity contribution is -0.115. The van der Waals surface area contributed by atoms with E-state index < -0.39 is 10.0 Å². The third-order valence-corrected chi connectivity index (χ3v) is 9.01. The lowest BCUT2D eigenvalue weighted by Crippen LogP contribution is -2.27. The first-order chi connectivity index (χ1) is 13.9. The predicted molar refractivity (Wildman–Crippen MR) is 117 cm³/mol. The molecule has 1 aromatic heterocycles. The van der Waals surface area contributed by atoms with Crippen LogP contribution in [0.4, 0.5) is 11.4 Å². The molecule has 1 aromatic carbocycles. The highest BCUT2D eigenvalue weighted by Gasteiger charge is 2.28. The van der Waals surface area contributed by atoms with Gasteiger partial charge in [0.2, 0.25) is 5.91 Å². The van der Waals surface area contributed by atoms with Crippen molar-refractivity contribution in [2.75, 3.05) is 36.4 Å². The fourth-order valence-electron chi connectivity index (χ4n) is 4.06. The molecule has 0 aliphatic carbocycles. The van der Waals surface area contributed by atoms with Crippen molar-refractivity contribution in [2.24, 2.45) is 0 Å². The van der Waals surface area contributed by atoms with E-state index in [1.807, 2.05) is 12.1 Å². The summed E-state index contributed by atoms with van der Waals surface area (Å²) in [4.78, 5) is 15.6. The van der Waals surface area contributed by atoms with E-state index in [1.54, 1.807) is 12.1 Å². The zero-order valence-electron chi connectivity index (χ0n) is 16.7. The Labute approximate surface area is 176 Å².